The number of carbonyl (C=O) groups excluding carboxylic acids is 2. The van der Waals surface area contributed by atoms with Crippen LogP contribution in [0, 0.1) is 11.3 Å². The number of hydrogen-bond acceptors (Lipinski definition) is 5. The van der Waals surface area contributed by atoms with Gasteiger partial charge in [-0.2, -0.15) is 5.26 Å². The molecular formula is C23H26ClN3O2S. The Morgan fingerprint density at radius 2 is 1.97 bits per heavy atom. The molecule has 0 saturated heterocycles. The predicted molar refractivity (Wildman–Crippen MR) is 123 cm³/mol. The average Bonchev–Trinajstić information content (AvgIpc) is 2.86. The fourth-order valence-electron chi connectivity index (χ4n) is 3.30. The van der Waals surface area contributed by atoms with Crippen molar-refractivity contribution in [3.05, 3.63) is 59.2 Å². The molecule has 2 aromatic rings. The Hall–Kier alpha value is -2.33. The van der Waals surface area contributed by atoms with Crippen LogP contribution in [0.2, 0.25) is 0 Å². The number of unbranched alkanes of at least 4 members (excludes halogenated alkanes) is 2. The van der Waals surface area contributed by atoms with E-state index in [1.54, 1.807) is 28.8 Å². The lowest BCUT2D eigenvalue weighted by molar-refractivity contribution is -0.119. The van der Waals surface area contributed by atoms with E-state index >= 15 is 0 Å². The first kappa shape index (κ1) is 23.9. The van der Waals surface area contributed by atoms with Crippen LogP contribution in [0.3, 0.4) is 0 Å². The van der Waals surface area contributed by atoms with E-state index in [0.29, 0.717) is 29.8 Å². The zero-order valence-corrected chi connectivity index (χ0v) is 18.6. The van der Waals surface area contributed by atoms with Gasteiger partial charge in [0.15, 0.2) is 5.78 Å². The normalized spacial score (nSPS) is 15.6. The lowest BCUT2D eigenvalue weighted by Crippen LogP contribution is -2.44. The molecule has 0 fully saturated rings. The SMILES string of the molecule is CCCCCC(=O)c1ccc2c(c1)N(Cc1ccc(C#N)cc1)C(=O)[C@@H](N)CS2.Cl. The molecule has 0 spiro atoms. The van der Waals surface area contributed by atoms with Gasteiger partial charge in [-0.05, 0) is 36.2 Å². The maximum absolute atomic E-state index is 13.0. The molecular weight excluding hydrogens is 418 g/mol. The fourth-order valence-corrected chi connectivity index (χ4v) is 4.29. The van der Waals surface area contributed by atoms with Crippen LogP contribution in [0.25, 0.3) is 0 Å². The van der Waals surface area contributed by atoms with Gasteiger partial charge < -0.3 is 10.6 Å². The van der Waals surface area contributed by atoms with Crippen LogP contribution in [-0.4, -0.2) is 23.5 Å². The van der Waals surface area contributed by atoms with Gasteiger partial charge in [0.25, 0.3) is 0 Å². The topological polar surface area (TPSA) is 87.2 Å². The zero-order chi connectivity index (χ0) is 20.8. The Labute approximate surface area is 188 Å². The molecule has 1 amide bonds. The molecule has 7 heteroatoms. The molecule has 0 aliphatic carbocycles. The van der Waals surface area contributed by atoms with E-state index < -0.39 is 6.04 Å². The molecule has 1 heterocycles. The van der Waals surface area contributed by atoms with Gasteiger partial charge in [0.2, 0.25) is 5.91 Å². The van der Waals surface area contributed by atoms with Crippen molar-refractivity contribution in [1.82, 2.24) is 0 Å². The van der Waals surface area contributed by atoms with Gasteiger partial charge in [-0.1, -0.05) is 38.0 Å². The Morgan fingerprint density at radius 3 is 2.63 bits per heavy atom. The van der Waals surface area contributed by atoms with Gasteiger partial charge in [0.05, 0.1) is 29.9 Å². The summed E-state index contributed by atoms with van der Waals surface area (Å²) in [5, 5.41) is 8.99. The lowest BCUT2D eigenvalue weighted by atomic mass is 10.0. The van der Waals surface area contributed by atoms with Crippen molar-refractivity contribution in [3.8, 4) is 6.07 Å². The number of benzene rings is 2. The zero-order valence-electron chi connectivity index (χ0n) is 17.0. The largest absolute Gasteiger partial charge is 0.319 e. The van der Waals surface area contributed by atoms with Gasteiger partial charge in [0.1, 0.15) is 0 Å². The first-order chi connectivity index (χ1) is 14.0. The first-order valence-electron chi connectivity index (χ1n) is 9.89. The second kappa shape index (κ2) is 11.2. The summed E-state index contributed by atoms with van der Waals surface area (Å²) < 4.78 is 0. The molecule has 0 bridgehead atoms. The maximum Gasteiger partial charge on any atom is 0.245 e. The van der Waals surface area contributed by atoms with Crippen molar-refractivity contribution in [3.63, 3.8) is 0 Å². The second-order valence-electron chi connectivity index (χ2n) is 7.21. The number of Topliss-reactive ketones (excluding diaryl/α,β-unsaturated/α-hetero) is 1. The third kappa shape index (κ3) is 5.63. The van der Waals surface area contributed by atoms with Crippen molar-refractivity contribution in [2.75, 3.05) is 10.7 Å². The molecule has 1 atom stereocenters. The summed E-state index contributed by atoms with van der Waals surface area (Å²) in [6.45, 7) is 2.46. The number of halogens is 1. The van der Waals surface area contributed by atoms with E-state index in [4.69, 9.17) is 11.0 Å². The minimum Gasteiger partial charge on any atom is -0.319 e. The predicted octanol–water partition coefficient (Wildman–Crippen LogP) is 4.71. The molecule has 3 rings (SSSR count). The molecule has 2 aromatic carbocycles. The fraction of sp³-hybridized carbons (Fsp3) is 0.348. The van der Waals surface area contributed by atoms with E-state index in [2.05, 4.69) is 13.0 Å². The minimum atomic E-state index is -0.602. The minimum absolute atomic E-state index is 0. The van der Waals surface area contributed by atoms with Gasteiger partial charge in [-0.15, -0.1) is 24.2 Å². The van der Waals surface area contributed by atoms with Crippen molar-refractivity contribution < 1.29 is 9.59 Å². The van der Waals surface area contributed by atoms with Crippen LogP contribution in [0.5, 0.6) is 0 Å². The number of carbonyl (C=O) groups is 2. The summed E-state index contributed by atoms with van der Waals surface area (Å²) in [6, 6.07) is 14.3. The molecule has 158 valence electrons. The number of hydrogen-bond donors (Lipinski definition) is 1. The quantitative estimate of drug-likeness (QED) is 0.494. The molecule has 0 saturated carbocycles. The summed E-state index contributed by atoms with van der Waals surface area (Å²) in [7, 11) is 0. The number of anilines is 1. The van der Waals surface area contributed by atoms with E-state index in [0.717, 1.165) is 35.4 Å². The van der Waals surface area contributed by atoms with Gasteiger partial charge in [-0.3, -0.25) is 9.59 Å². The highest BCUT2D eigenvalue weighted by atomic mass is 35.5. The van der Waals surface area contributed by atoms with Gasteiger partial charge >= 0.3 is 0 Å². The molecule has 0 radical (unpaired) electrons. The number of amides is 1. The van der Waals surface area contributed by atoms with Crippen molar-refractivity contribution >= 4 is 41.5 Å². The standard InChI is InChI=1S/C23H25N3O2S.ClH/c1-2-3-4-5-21(27)18-10-11-22-20(12-18)26(23(28)19(25)15-29-22)14-17-8-6-16(13-24)7-9-17;/h6-12,19H,2-5,14-15,25H2,1H3;1H/t19-;/m0./s1. The van der Waals surface area contributed by atoms with Crippen LogP contribution in [0.1, 0.15) is 54.1 Å². The highest BCUT2D eigenvalue weighted by Crippen LogP contribution is 2.36. The van der Waals surface area contributed by atoms with Crippen molar-refractivity contribution in [2.45, 2.75) is 50.1 Å². The number of rotatable bonds is 7. The van der Waals surface area contributed by atoms with E-state index in [-0.39, 0.29) is 24.1 Å². The first-order valence-corrected chi connectivity index (χ1v) is 10.9. The van der Waals surface area contributed by atoms with Crippen molar-refractivity contribution in [2.24, 2.45) is 5.73 Å². The molecule has 2 N–H and O–H groups in total. The second-order valence-corrected chi connectivity index (χ2v) is 8.28. The third-order valence-electron chi connectivity index (χ3n) is 5.00. The average molecular weight is 444 g/mol. The van der Waals surface area contributed by atoms with E-state index in [1.165, 1.54) is 0 Å². The Bertz CT molecular complexity index is 940. The molecule has 1 aliphatic rings. The van der Waals surface area contributed by atoms with E-state index in [9.17, 15) is 9.59 Å². The number of ketones is 1. The Kier molecular flexibility index (Phi) is 8.91. The van der Waals surface area contributed by atoms with E-state index in [1.807, 2.05) is 30.3 Å². The van der Waals surface area contributed by atoms with Gasteiger partial charge in [-0.25, -0.2) is 0 Å². The van der Waals surface area contributed by atoms with Crippen LogP contribution >= 0.6 is 24.2 Å². The summed E-state index contributed by atoms with van der Waals surface area (Å²) in [6.07, 6.45) is 3.49. The lowest BCUT2D eigenvalue weighted by Gasteiger charge is -2.25. The summed E-state index contributed by atoms with van der Waals surface area (Å²) in [5.41, 5.74) is 8.95. The summed E-state index contributed by atoms with van der Waals surface area (Å²) >= 11 is 1.54. The molecule has 1 aliphatic heterocycles. The third-order valence-corrected chi connectivity index (χ3v) is 6.19. The molecule has 30 heavy (non-hydrogen) atoms. The summed E-state index contributed by atoms with van der Waals surface area (Å²) in [5.74, 6) is 0.446. The number of nitrogens with two attached hydrogens (primary N) is 1. The number of nitrogens with zero attached hydrogens (tertiary/aromatic N) is 2. The smallest absolute Gasteiger partial charge is 0.245 e. The molecule has 0 unspecified atom stereocenters. The Morgan fingerprint density at radius 1 is 1.23 bits per heavy atom. The highest BCUT2D eigenvalue weighted by molar-refractivity contribution is 7.99. The van der Waals surface area contributed by atoms with Crippen molar-refractivity contribution in [1.29, 1.82) is 5.26 Å². The van der Waals surface area contributed by atoms with Gasteiger partial charge in [0, 0.05) is 22.6 Å². The van der Waals surface area contributed by atoms with Crippen LogP contribution in [0.15, 0.2) is 47.4 Å². The highest BCUT2D eigenvalue weighted by Gasteiger charge is 2.29. The van der Waals surface area contributed by atoms with Crippen LogP contribution in [0.4, 0.5) is 5.69 Å². The maximum atomic E-state index is 13.0. The molecule has 5 nitrogen and oxygen atoms in total. The van der Waals surface area contributed by atoms with Crippen LogP contribution in [-0.2, 0) is 11.3 Å². The van der Waals surface area contributed by atoms with Crippen LogP contribution < -0.4 is 10.6 Å². The number of thioether (sulfide) groups is 1. The Balaban J connectivity index is 0.00000320. The summed E-state index contributed by atoms with van der Waals surface area (Å²) in [4.78, 5) is 28.2. The number of fused-ring (bicyclic) bond motifs is 1. The molecule has 0 aromatic heterocycles. The monoisotopic (exact) mass is 443 g/mol. The number of nitriles is 1.